The largest absolute Gasteiger partial charge is 0.486 e. The van der Waals surface area contributed by atoms with Crippen LogP contribution in [0.2, 0.25) is 0 Å². The van der Waals surface area contributed by atoms with Gasteiger partial charge >= 0.3 is 0 Å². The molecule has 3 rings (SSSR count). The topological polar surface area (TPSA) is 30.5 Å². The van der Waals surface area contributed by atoms with Gasteiger partial charge in [-0.2, -0.15) is 0 Å². The van der Waals surface area contributed by atoms with Crippen molar-refractivity contribution >= 4 is 0 Å². The van der Waals surface area contributed by atoms with Crippen molar-refractivity contribution in [3.63, 3.8) is 0 Å². The van der Waals surface area contributed by atoms with Gasteiger partial charge in [0.15, 0.2) is 11.5 Å². The highest BCUT2D eigenvalue weighted by molar-refractivity contribution is 5.44. The minimum Gasteiger partial charge on any atom is -0.486 e. The monoisotopic (exact) mass is 289 g/mol. The second-order valence-electron chi connectivity index (χ2n) is 6.27. The molecule has 0 bridgehead atoms. The summed E-state index contributed by atoms with van der Waals surface area (Å²) in [7, 11) is 2.08. The van der Waals surface area contributed by atoms with E-state index >= 15 is 0 Å². The first-order valence-corrected chi connectivity index (χ1v) is 8.45. The molecule has 1 atom stereocenters. The van der Waals surface area contributed by atoms with Crippen molar-refractivity contribution in [2.45, 2.75) is 51.0 Å². The number of rotatable bonds is 3. The molecule has 0 amide bonds. The average Bonchev–Trinajstić information content (AvgIpc) is 2.49. The lowest BCUT2D eigenvalue weighted by Crippen LogP contribution is -2.26. The molecule has 116 valence electrons. The van der Waals surface area contributed by atoms with Crippen molar-refractivity contribution in [2.24, 2.45) is 5.92 Å². The van der Waals surface area contributed by atoms with Gasteiger partial charge in [-0.3, -0.25) is 0 Å². The van der Waals surface area contributed by atoms with Crippen LogP contribution in [0.25, 0.3) is 0 Å². The fourth-order valence-electron chi connectivity index (χ4n) is 3.75. The first-order valence-electron chi connectivity index (χ1n) is 8.45. The second kappa shape index (κ2) is 7.17. The molecule has 2 aliphatic rings. The smallest absolute Gasteiger partial charge is 0.161 e. The van der Waals surface area contributed by atoms with E-state index in [0.717, 1.165) is 17.4 Å². The summed E-state index contributed by atoms with van der Waals surface area (Å²) < 4.78 is 11.4. The number of hydrogen-bond donors (Lipinski definition) is 1. The predicted octanol–water partition coefficient (Wildman–Crippen LogP) is 4.08. The van der Waals surface area contributed by atoms with Crippen molar-refractivity contribution in [2.75, 3.05) is 20.3 Å². The molecule has 1 heterocycles. The zero-order valence-corrected chi connectivity index (χ0v) is 13.1. The summed E-state index contributed by atoms with van der Waals surface area (Å²) in [5, 5.41) is 3.55. The highest BCUT2D eigenvalue weighted by Gasteiger charge is 2.24. The van der Waals surface area contributed by atoms with Gasteiger partial charge in [-0.05, 0) is 43.5 Å². The Morgan fingerprint density at radius 2 is 1.62 bits per heavy atom. The van der Waals surface area contributed by atoms with Crippen LogP contribution in [0.5, 0.6) is 11.5 Å². The van der Waals surface area contributed by atoms with E-state index in [1.807, 2.05) is 0 Å². The van der Waals surface area contributed by atoms with E-state index in [-0.39, 0.29) is 0 Å². The Kier molecular flexibility index (Phi) is 5.02. The number of nitrogens with one attached hydrogen (secondary N) is 1. The molecule has 0 saturated heterocycles. The van der Waals surface area contributed by atoms with Gasteiger partial charge in [0, 0.05) is 6.04 Å². The molecule has 1 aliphatic carbocycles. The van der Waals surface area contributed by atoms with E-state index in [1.165, 1.54) is 50.5 Å². The quantitative estimate of drug-likeness (QED) is 0.909. The van der Waals surface area contributed by atoms with Crippen molar-refractivity contribution in [3.8, 4) is 11.5 Å². The van der Waals surface area contributed by atoms with Crippen LogP contribution in [0.15, 0.2) is 18.2 Å². The minimum absolute atomic E-state index is 0.430. The third-order valence-electron chi connectivity index (χ3n) is 4.86. The van der Waals surface area contributed by atoms with Crippen molar-refractivity contribution in [1.82, 2.24) is 5.32 Å². The zero-order chi connectivity index (χ0) is 14.5. The first kappa shape index (κ1) is 14.7. The number of benzene rings is 1. The molecule has 0 radical (unpaired) electrons. The Balaban J connectivity index is 1.78. The van der Waals surface area contributed by atoms with Gasteiger partial charge in [0.25, 0.3) is 0 Å². The lowest BCUT2D eigenvalue weighted by atomic mass is 9.83. The van der Waals surface area contributed by atoms with E-state index < -0.39 is 0 Å². The van der Waals surface area contributed by atoms with Crippen LogP contribution in [-0.2, 0) is 0 Å². The van der Waals surface area contributed by atoms with Gasteiger partial charge in [0.2, 0.25) is 0 Å². The second-order valence-corrected chi connectivity index (χ2v) is 6.27. The molecule has 1 aromatic carbocycles. The molecule has 1 fully saturated rings. The molecular formula is C18H27NO2. The number of fused-ring (bicyclic) bond motifs is 1. The predicted molar refractivity (Wildman–Crippen MR) is 85.0 cm³/mol. The molecule has 1 N–H and O–H groups in total. The van der Waals surface area contributed by atoms with Crippen LogP contribution in [0, 0.1) is 5.92 Å². The lowest BCUT2D eigenvalue weighted by Gasteiger charge is -2.30. The number of ether oxygens (including phenoxy) is 2. The van der Waals surface area contributed by atoms with Crippen LogP contribution in [-0.4, -0.2) is 20.3 Å². The molecule has 1 saturated carbocycles. The van der Waals surface area contributed by atoms with E-state index in [1.54, 1.807) is 0 Å². The standard InChI is InChI=1S/C18H27NO2/c1-19-18(14-7-5-3-2-4-6-8-14)15-9-10-16-17(13-15)21-12-11-20-16/h9-10,13-14,18-19H,2-8,11-12H2,1H3. The fourth-order valence-corrected chi connectivity index (χ4v) is 3.75. The van der Waals surface area contributed by atoms with Gasteiger partial charge in [-0.15, -0.1) is 0 Å². The third-order valence-corrected chi connectivity index (χ3v) is 4.86. The zero-order valence-electron chi connectivity index (χ0n) is 13.1. The Labute approximate surface area is 128 Å². The van der Waals surface area contributed by atoms with E-state index in [4.69, 9.17) is 9.47 Å². The van der Waals surface area contributed by atoms with Crippen LogP contribution >= 0.6 is 0 Å². The van der Waals surface area contributed by atoms with Crippen molar-refractivity contribution < 1.29 is 9.47 Å². The van der Waals surface area contributed by atoms with Crippen molar-refractivity contribution in [3.05, 3.63) is 23.8 Å². The molecule has 1 aliphatic heterocycles. The summed E-state index contributed by atoms with van der Waals surface area (Å²) in [6.45, 7) is 1.31. The molecule has 0 spiro atoms. The van der Waals surface area contributed by atoms with Gasteiger partial charge in [0.05, 0.1) is 0 Å². The van der Waals surface area contributed by atoms with E-state index in [2.05, 4.69) is 30.6 Å². The normalized spacial score (nSPS) is 21.4. The molecule has 1 aromatic rings. The van der Waals surface area contributed by atoms with Crippen LogP contribution < -0.4 is 14.8 Å². The maximum absolute atomic E-state index is 5.74. The van der Waals surface area contributed by atoms with Gasteiger partial charge in [-0.25, -0.2) is 0 Å². The highest BCUT2D eigenvalue weighted by Crippen LogP contribution is 2.37. The summed E-state index contributed by atoms with van der Waals surface area (Å²) in [6.07, 6.45) is 9.61. The van der Waals surface area contributed by atoms with Gasteiger partial charge in [0.1, 0.15) is 13.2 Å². The van der Waals surface area contributed by atoms with Crippen LogP contribution in [0.3, 0.4) is 0 Å². The Hall–Kier alpha value is -1.22. The Morgan fingerprint density at radius 3 is 2.33 bits per heavy atom. The molecule has 3 heteroatoms. The summed E-state index contributed by atoms with van der Waals surface area (Å²) in [5.41, 5.74) is 1.34. The number of hydrogen-bond acceptors (Lipinski definition) is 3. The van der Waals surface area contributed by atoms with Gasteiger partial charge < -0.3 is 14.8 Å². The average molecular weight is 289 g/mol. The van der Waals surface area contributed by atoms with Crippen LogP contribution in [0.4, 0.5) is 0 Å². The summed E-state index contributed by atoms with van der Waals surface area (Å²) in [6, 6.07) is 6.87. The molecule has 1 unspecified atom stereocenters. The SMILES string of the molecule is CNC(c1ccc2c(c1)OCCO2)C1CCCCCCC1. The Bertz CT molecular complexity index is 453. The fraction of sp³-hybridized carbons (Fsp3) is 0.667. The van der Waals surface area contributed by atoms with E-state index in [0.29, 0.717) is 19.3 Å². The molecular weight excluding hydrogens is 262 g/mol. The lowest BCUT2D eigenvalue weighted by molar-refractivity contribution is 0.171. The highest BCUT2D eigenvalue weighted by atomic mass is 16.6. The molecule has 21 heavy (non-hydrogen) atoms. The summed E-state index contributed by atoms with van der Waals surface area (Å²) in [4.78, 5) is 0. The Morgan fingerprint density at radius 1 is 0.952 bits per heavy atom. The summed E-state index contributed by atoms with van der Waals surface area (Å²) >= 11 is 0. The first-order chi connectivity index (χ1) is 10.4. The van der Waals surface area contributed by atoms with Crippen molar-refractivity contribution in [1.29, 1.82) is 0 Å². The van der Waals surface area contributed by atoms with Gasteiger partial charge in [-0.1, -0.05) is 38.2 Å². The minimum atomic E-state index is 0.430. The molecule has 0 aromatic heterocycles. The third kappa shape index (κ3) is 3.52. The van der Waals surface area contributed by atoms with E-state index in [9.17, 15) is 0 Å². The van der Waals surface area contributed by atoms with Crippen LogP contribution in [0.1, 0.15) is 56.6 Å². The maximum atomic E-state index is 5.74. The summed E-state index contributed by atoms with van der Waals surface area (Å²) in [5.74, 6) is 2.53. The molecule has 3 nitrogen and oxygen atoms in total. The maximum Gasteiger partial charge on any atom is 0.161 e.